The number of carbonyl (C=O) groups is 1. The van der Waals surface area contributed by atoms with Gasteiger partial charge in [0, 0.05) is 36.4 Å². The fourth-order valence-electron chi connectivity index (χ4n) is 3.45. The number of nitrogens with one attached hydrogen (secondary N) is 1. The van der Waals surface area contributed by atoms with Crippen LogP contribution in [-0.4, -0.2) is 38.0 Å². The van der Waals surface area contributed by atoms with Crippen LogP contribution in [-0.2, 0) is 0 Å². The minimum atomic E-state index is -0.533. The van der Waals surface area contributed by atoms with Crippen LogP contribution in [0.4, 0.5) is 5.95 Å². The molecule has 3 heterocycles. The molecule has 0 unspecified atom stereocenters. The van der Waals surface area contributed by atoms with Gasteiger partial charge in [-0.1, -0.05) is 0 Å². The summed E-state index contributed by atoms with van der Waals surface area (Å²) in [7, 11) is 0. The summed E-state index contributed by atoms with van der Waals surface area (Å²) in [6.45, 7) is 0. The van der Waals surface area contributed by atoms with Crippen LogP contribution in [0.3, 0.4) is 0 Å². The number of ether oxygens (including phenoxy) is 1. The first-order valence-corrected chi connectivity index (χ1v) is 9.60. The van der Waals surface area contributed by atoms with Gasteiger partial charge >= 0.3 is 0 Å². The van der Waals surface area contributed by atoms with Crippen molar-refractivity contribution in [1.29, 1.82) is 0 Å². The third-order valence-corrected chi connectivity index (χ3v) is 4.95. The Kier molecular flexibility index (Phi) is 5.60. The molecule has 29 heavy (non-hydrogen) atoms. The summed E-state index contributed by atoms with van der Waals surface area (Å²) >= 11 is 0. The van der Waals surface area contributed by atoms with Gasteiger partial charge in [0.15, 0.2) is 0 Å². The van der Waals surface area contributed by atoms with Gasteiger partial charge in [0.05, 0.1) is 5.69 Å². The second-order valence-corrected chi connectivity index (χ2v) is 6.96. The van der Waals surface area contributed by atoms with Crippen molar-refractivity contribution in [3.8, 4) is 17.1 Å². The minimum Gasteiger partial charge on any atom is -0.474 e. The topological polar surface area (TPSA) is 116 Å². The van der Waals surface area contributed by atoms with Gasteiger partial charge in [-0.05, 0) is 56.0 Å². The highest BCUT2D eigenvalue weighted by Gasteiger charge is 2.24. The molecule has 0 radical (unpaired) electrons. The number of rotatable bonds is 6. The van der Waals surface area contributed by atoms with Gasteiger partial charge in [0.2, 0.25) is 11.8 Å². The van der Waals surface area contributed by atoms with Crippen LogP contribution in [0.1, 0.15) is 36.0 Å². The normalized spacial score (nSPS) is 18.8. The number of anilines is 1. The molecule has 0 aromatic carbocycles. The number of aromatic nitrogens is 4. The Morgan fingerprint density at radius 2 is 1.79 bits per heavy atom. The van der Waals surface area contributed by atoms with E-state index in [2.05, 4.69) is 25.3 Å². The van der Waals surface area contributed by atoms with Crippen molar-refractivity contribution < 1.29 is 9.53 Å². The van der Waals surface area contributed by atoms with Gasteiger partial charge in [-0.15, -0.1) is 0 Å². The highest BCUT2D eigenvalue weighted by molar-refractivity contribution is 5.94. The molecule has 0 bridgehead atoms. The summed E-state index contributed by atoms with van der Waals surface area (Å²) < 4.78 is 5.95. The summed E-state index contributed by atoms with van der Waals surface area (Å²) in [4.78, 5) is 28.7. The van der Waals surface area contributed by atoms with E-state index in [1.54, 1.807) is 36.9 Å². The van der Waals surface area contributed by atoms with Gasteiger partial charge in [-0.25, -0.2) is 15.0 Å². The number of nitrogens with two attached hydrogens (primary N) is 1. The number of amides is 1. The molecule has 3 N–H and O–H groups in total. The predicted octanol–water partition coefficient (Wildman–Crippen LogP) is 2.83. The smallest absolute Gasteiger partial charge is 0.254 e. The van der Waals surface area contributed by atoms with E-state index >= 15 is 0 Å². The molecule has 1 saturated carbocycles. The minimum absolute atomic E-state index is 0.00474. The lowest BCUT2D eigenvalue weighted by atomic mass is 9.93. The fraction of sp³-hybridized carbons (Fsp3) is 0.286. The molecule has 1 fully saturated rings. The second-order valence-electron chi connectivity index (χ2n) is 6.96. The zero-order valence-corrected chi connectivity index (χ0v) is 15.9. The van der Waals surface area contributed by atoms with Crippen LogP contribution < -0.4 is 15.8 Å². The van der Waals surface area contributed by atoms with E-state index in [9.17, 15) is 4.79 Å². The van der Waals surface area contributed by atoms with E-state index in [1.807, 2.05) is 18.2 Å². The molecule has 3 aromatic heterocycles. The molecule has 0 saturated heterocycles. The molecule has 0 spiro atoms. The van der Waals surface area contributed by atoms with Crippen LogP contribution in [0.5, 0.6) is 5.88 Å². The largest absolute Gasteiger partial charge is 0.474 e. The summed E-state index contributed by atoms with van der Waals surface area (Å²) in [5.41, 5.74) is 7.57. The average molecular weight is 390 g/mol. The summed E-state index contributed by atoms with van der Waals surface area (Å²) in [6.07, 6.45) is 10.4. The van der Waals surface area contributed by atoms with Crippen LogP contribution in [0.25, 0.3) is 11.3 Å². The van der Waals surface area contributed by atoms with Gasteiger partial charge in [-0.3, -0.25) is 9.78 Å². The third kappa shape index (κ3) is 4.66. The predicted molar refractivity (Wildman–Crippen MR) is 108 cm³/mol. The SMILES string of the molecule is NC(=O)c1cccnc1OC1CCC(Nc2nccc(-c3ccncc3)n2)CC1. The van der Waals surface area contributed by atoms with Gasteiger partial charge in [-0.2, -0.15) is 0 Å². The second kappa shape index (κ2) is 8.64. The van der Waals surface area contributed by atoms with Crippen LogP contribution in [0.15, 0.2) is 55.1 Å². The van der Waals surface area contributed by atoms with Crippen molar-refractivity contribution >= 4 is 11.9 Å². The van der Waals surface area contributed by atoms with Crippen molar-refractivity contribution in [3.63, 3.8) is 0 Å². The molecule has 1 aliphatic rings. The number of hydrogen-bond donors (Lipinski definition) is 2. The van der Waals surface area contributed by atoms with E-state index < -0.39 is 5.91 Å². The Bertz CT molecular complexity index is 974. The standard InChI is InChI=1S/C21H22N6O2/c22-19(28)17-2-1-10-24-20(17)29-16-5-3-15(4-6-16)26-21-25-13-9-18(27-21)14-7-11-23-12-8-14/h1-2,7-13,15-16H,3-6H2,(H2,22,28)(H,25,26,27). The third-order valence-electron chi connectivity index (χ3n) is 4.95. The summed E-state index contributed by atoms with van der Waals surface area (Å²) in [6, 6.07) is 9.30. The monoisotopic (exact) mass is 390 g/mol. The summed E-state index contributed by atoms with van der Waals surface area (Å²) in [5.74, 6) is 0.392. The highest BCUT2D eigenvalue weighted by Crippen LogP contribution is 2.26. The van der Waals surface area contributed by atoms with Crippen molar-refractivity contribution in [3.05, 3.63) is 60.7 Å². The Hall–Kier alpha value is -3.55. The van der Waals surface area contributed by atoms with E-state index in [0.29, 0.717) is 17.4 Å². The first-order chi connectivity index (χ1) is 14.2. The van der Waals surface area contributed by atoms with Crippen LogP contribution in [0, 0.1) is 0 Å². The fourth-order valence-corrected chi connectivity index (χ4v) is 3.45. The molecule has 8 nitrogen and oxygen atoms in total. The molecule has 0 aliphatic heterocycles. The van der Waals surface area contributed by atoms with E-state index in [4.69, 9.17) is 10.5 Å². The molecule has 4 rings (SSSR count). The molecular formula is C21H22N6O2. The molecule has 3 aromatic rings. The maximum atomic E-state index is 11.5. The Labute approximate surface area is 168 Å². The number of hydrogen-bond acceptors (Lipinski definition) is 7. The first-order valence-electron chi connectivity index (χ1n) is 9.60. The van der Waals surface area contributed by atoms with Gasteiger partial charge in [0.1, 0.15) is 11.7 Å². The number of pyridine rings is 2. The zero-order chi connectivity index (χ0) is 20.1. The maximum Gasteiger partial charge on any atom is 0.254 e. The summed E-state index contributed by atoms with van der Waals surface area (Å²) in [5, 5.41) is 3.42. The molecule has 148 valence electrons. The van der Waals surface area contributed by atoms with Crippen molar-refractivity contribution in [2.24, 2.45) is 5.73 Å². The van der Waals surface area contributed by atoms with E-state index in [1.165, 1.54) is 0 Å². The lowest BCUT2D eigenvalue weighted by Gasteiger charge is -2.29. The van der Waals surface area contributed by atoms with Crippen molar-refractivity contribution in [2.75, 3.05) is 5.32 Å². The van der Waals surface area contributed by atoms with Crippen molar-refractivity contribution in [2.45, 2.75) is 37.8 Å². The van der Waals surface area contributed by atoms with Crippen molar-refractivity contribution in [1.82, 2.24) is 19.9 Å². The Morgan fingerprint density at radius 3 is 2.55 bits per heavy atom. The molecular weight excluding hydrogens is 368 g/mol. The van der Waals surface area contributed by atoms with E-state index in [0.717, 1.165) is 36.9 Å². The van der Waals surface area contributed by atoms with E-state index in [-0.39, 0.29) is 12.1 Å². The molecule has 1 aliphatic carbocycles. The zero-order valence-electron chi connectivity index (χ0n) is 15.9. The molecule has 1 amide bonds. The molecule has 0 atom stereocenters. The maximum absolute atomic E-state index is 11.5. The molecule has 8 heteroatoms. The number of nitrogens with zero attached hydrogens (tertiary/aromatic N) is 4. The quantitative estimate of drug-likeness (QED) is 0.665. The van der Waals surface area contributed by atoms with Crippen LogP contribution >= 0.6 is 0 Å². The Balaban J connectivity index is 1.35. The lowest BCUT2D eigenvalue weighted by molar-refractivity contribution is 0.0983. The van der Waals surface area contributed by atoms with Gasteiger partial charge < -0.3 is 15.8 Å². The average Bonchev–Trinajstić information content (AvgIpc) is 2.76. The van der Waals surface area contributed by atoms with Gasteiger partial charge in [0.25, 0.3) is 5.91 Å². The lowest BCUT2D eigenvalue weighted by Crippen LogP contribution is -2.32. The number of carbonyl (C=O) groups excluding carboxylic acids is 1. The Morgan fingerprint density at radius 1 is 1.00 bits per heavy atom. The first kappa shape index (κ1) is 18.8. The van der Waals surface area contributed by atoms with Crippen LogP contribution in [0.2, 0.25) is 0 Å². The number of primary amides is 1. The highest BCUT2D eigenvalue weighted by atomic mass is 16.5.